The van der Waals surface area contributed by atoms with Gasteiger partial charge in [0.25, 0.3) is 5.91 Å². The minimum atomic E-state index is -0.612. The molecule has 2 aromatic rings. The van der Waals surface area contributed by atoms with Crippen LogP contribution in [0.3, 0.4) is 0 Å². The van der Waals surface area contributed by atoms with Crippen molar-refractivity contribution in [2.45, 2.75) is 24.7 Å². The smallest absolute Gasteiger partial charge is 0.251 e. The molecule has 4 rings (SSSR count). The van der Waals surface area contributed by atoms with Gasteiger partial charge in [0, 0.05) is 49.8 Å². The number of nitrogens with one attached hydrogen (secondary N) is 1. The first-order valence-electron chi connectivity index (χ1n) is 10.9. The van der Waals surface area contributed by atoms with Crippen LogP contribution in [0.15, 0.2) is 67.0 Å². The molecule has 8 heteroatoms. The van der Waals surface area contributed by atoms with Gasteiger partial charge in [0.1, 0.15) is 6.10 Å². The third-order valence-electron chi connectivity index (χ3n) is 5.83. The SMILES string of the molecule is O=C(N[C@@H]1C=C[C@@H](CC(=O)N2CCN(c3ccccc3)CC2)O[C@H]1CO)c1ccncc1. The second-order valence-corrected chi connectivity index (χ2v) is 7.92. The number of aromatic nitrogens is 1. The molecule has 1 aromatic heterocycles. The van der Waals surface area contributed by atoms with E-state index in [4.69, 9.17) is 4.74 Å². The summed E-state index contributed by atoms with van der Waals surface area (Å²) in [5.41, 5.74) is 1.65. The molecule has 3 atom stereocenters. The first-order chi connectivity index (χ1) is 15.6. The number of carbonyl (C=O) groups excluding carboxylic acids is 2. The van der Waals surface area contributed by atoms with E-state index in [-0.39, 0.29) is 24.8 Å². The van der Waals surface area contributed by atoms with E-state index in [0.717, 1.165) is 13.1 Å². The number of para-hydroxylation sites is 1. The van der Waals surface area contributed by atoms with Crippen LogP contribution in [0, 0.1) is 0 Å². The molecule has 2 N–H and O–H groups in total. The van der Waals surface area contributed by atoms with Crippen molar-refractivity contribution in [1.29, 1.82) is 0 Å². The highest BCUT2D eigenvalue weighted by molar-refractivity contribution is 5.94. The Kier molecular flexibility index (Phi) is 7.14. The van der Waals surface area contributed by atoms with Gasteiger partial charge in [0.2, 0.25) is 5.91 Å². The Balaban J connectivity index is 1.29. The molecule has 0 unspecified atom stereocenters. The van der Waals surface area contributed by atoms with Crippen molar-refractivity contribution in [2.24, 2.45) is 0 Å². The minimum Gasteiger partial charge on any atom is -0.394 e. The monoisotopic (exact) mass is 436 g/mol. The minimum absolute atomic E-state index is 0.0309. The van der Waals surface area contributed by atoms with Gasteiger partial charge in [0.05, 0.1) is 25.2 Å². The van der Waals surface area contributed by atoms with Gasteiger partial charge >= 0.3 is 0 Å². The van der Waals surface area contributed by atoms with Crippen molar-refractivity contribution >= 4 is 17.5 Å². The molecule has 0 bridgehead atoms. The molecule has 1 aromatic carbocycles. The fourth-order valence-electron chi connectivity index (χ4n) is 4.03. The molecule has 168 valence electrons. The molecule has 2 amide bonds. The number of nitrogens with zero attached hydrogens (tertiary/aromatic N) is 3. The predicted molar refractivity (Wildman–Crippen MR) is 120 cm³/mol. The average molecular weight is 437 g/mol. The number of carbonyl (C=O) groups is 2. The van der Waals surface area contributed by atoms with Gasteiger partial charge in [-0.25, -0.2) is 0 Å². The van der Waals surface area contributed by atoms with Gasteiger partial charge in [-0.05, 0) is 24.3 Å². The molecule has 0 spiro atoms. The Labute approximate surface area is 187 Å². The number of aliphatic hydroxyl groups is 1. The molecule has 32 heavy (non-hydrogen) atoms. The molecule has 1 fully saturated rings. The lowest BCUT2D eigenvalue weighted by Crippen LogP contribution is -2.51. The van der Waals surface area contributed by atoms with Gasteiger partial charge in [-0.2, -0.15) is 0 Å². The van der Waals surface area contributed by atoms with Crippen LogP contribution >= 0.6 is 0 Å². The van der Waals surface area contributed by atoms with Crippen LogP contribution in [0.5, 0.6) is 0 Å². The number of anilines is 1. The van der Waals surface area contributed by atoms with E-state index < -0.39 is 18.2 Å². The summed E-state index contributed by atoms with van der Waals surface area (Å²) in [6, 6.07) is 13.0. The molecule has 0 aliphatic carbocycles. The Morgan fingerprint density at radius 3 is 2.44 bits per heavy atom. The highest BCUT2D eigenvalue weighted by Crippen LogP contribution is 2.19. The number of aliphatic hydroxyl groups excluding tert-OH is 1. The van der Waals surface area contributed by atoms with Crippen molar-refractivity contribution in [2.75, 3.05) is 37.7 Å². The zero-order valence-corrected chi connectivity index (χ0v) is 17.8. The molecule has 3 heterocycles. The van der Waals surface area contributed by atoms with Crippen LogP contribution < -0.4 is 10.2 Å². The summed E-state index contributed by atoms with van der Waals surface area (Å²) in [6.45, 7) is 2.65. The summed E-state index contributed by atoms with van der Waals surface area (Å²) in [5, 5.41) is 12.6. The first-order valence-corrected chi connectivity index (χ1v) is 10.9. The molecular weight excluding hydrogens is 408 g/mol. The molecule has 0 saturated carbocycles. The van der Waals surface area contributed by atoms with Crippen molar-refractivity contribution in [1.82, 2.24) is 15.2 Å². The molecular formula is C24H28N4O4. The number of amides is 2. The summed E-state index contributed by atoms with van der Waals surface area (Å²) >= 11 is 0. The summed E-state index contributed by atoms with van der Waals surface area (Å²) in [4.78, 5) is 33.2. The highest BCUT2D eigenvalue weighted by Gasteiger charge is 2.31. The molecule has 1 saturated heterocycles. The number of ether oxygens (including phenoxy) is 1. The van der Waals surface area contributed by atoms with E-state index in [1.54, 1.807) is 36.7 Å². The quantitative estimate of drug-likeness (QED) is 0.662. The fourth-order valence-corrected chi connectivity index (χ4v) is 4.03. The average Bonchev–Trinajstić information content (AvgIpc) is 2.86. The summed E-state index contributed by atoms with van der Waals surface area (Å²) in [7, 11) is 0. The van der Waals surface area contributed by atoms with E-state index in [2.05, 4.69) is 27.3 Å². The topological polar surface area (TPSA) is 95.0 Å². The molecule has 0 radical (unpaired) electrons. The lowest BCUT2D eigenvalue weighted by atomic mass is 10.0. The zero-order valence-electron chi connectivity index (χ0n) is 17.8. The van der Waals surface area contributed by atoms with Crippen LogP contribution in [0.4, 0.5) is 5.69 Å². The van der Waals surface area contributed by atoms with Crippen molar-refractivity contribution in [3.05, 3.63) is 72.6 Å². The second kappa shape index (κ2) is 10.4. The number of rotatable bonds is 6. The van der Waals surface area contributed by atoms with Gasteiger partial charge < -0.3 is 25.0 Å². The van der Waals surface area contributed by atoms with Crippen LogP contribution in [-0.2, 0) is 9.53 Å². The normalized spacial score (nSPS) is 23.1. The molecule has 8 nitrogen and oxygen atoms in total. The zero-order chi connectivity index (χ0) is 22.3. The standard InChI is InChI=1S/C24H28N4O4/c29-17-22-21(26-24(31)18-8-10-25-11-9-18)7-6-20(32-22)16-23(30)28-14-12-27(13-15-28)19-4-2-1-3-5-19/h1-11,20-22,29H,12-17H2,(H,26,31)/t20-,21+,22-/m0/s1. The van der Waals surface area contributed by atoms with Crippen molar-refractivity contribution < 1.29 is 19.4 Å². The number of pyridine rings is 1. The van der Waals surface area contributed by atoms with Crippen molar-refractivity contribution in [3.8, 4) is 0 Å². The maximum absolute atomic E-state index is 12.8. The van der Waals surface area contributed by atoms with Gasteiger partial charge in [0.15, 0.2) is 0 Å². The van der Waals surface area contributed by atoms with E-state index in [1.807, 2.05) is 23.1 Å². The maximum Gasteiger partial charge on any atom is 0.251 e. The highest BCUT2D eigenvalue weighted by atomic mass is 16.5. The van der Waals surface area contributed by atoms with Gasteiger partial charge in [-0.15, -0.1) is 0 Å². The Morgan fingerprint density at radius 2 is 1.75 bits per heavy atom. The van der Waals surface area contributed by atoms with Gasteiger partial charge in [-0.3, -0.25) is 14.6 Å². The predicted octanol–water partition coefficient (Wildman–Crippen LogP) is 1.23. The Hall–Kier alpha value is -3.23. The number of benzene rings is 1. The van der Waals surface area contributed by atoms with E-state index in [9.17, 15) is 14.7 Å². The van der Waals surface area contributed by atoms with Gasteiger partial charge in [-0.1, -0.05) is 30.4 Å². The summed E-state index contributed by atoms with van der Waals surface area (Å²) in [5.74, 6) is -0.238. The van der Waals surface area contributed by atoms with Crippen LogP contribution in [0.25, 0.3) is 0 Å². The van der Waals surface area contributed by atoms with E-state index in [0.29, 0.717) is 18.7 Å². The maximum atomic E-state index is 12.8. The Morgan fingerprint density at radius 1 is 1.03 bits per heavy atom. The second-order valence-electron chi connectivity index (χ2n) is 7.92. The molecule has 2 aliphatic rings. The van der Waals surface area contributed by atoms with E-state index >= 15 is 0 Å². The summed E-state index contributed by atoms with van der Waals surface area (Å²) < 4.78 is 5.92. The van der Waals surface area contributed by atoms with Crippen LogP contribution in [-0.4, -0.2) is 77.8 Å². The summed E-state index contributed by atoms with van der Waals surface area (Å²) in [6.07, 6.45) is 5.86. The molecule has 2 aliphatic heterocycles. The Bertz CT molecular complexity index is 930. The third kappa shape index (κ3) is 5.33. The third-order valence-corrected chi connectivity index (χ3v) is 5.83. The van der Waals surface area contributed by atoms with Crippen molar-refractivity contribution in [3.63, 3.8) is 0 Å². The lowest BCUT2D eigenvalue weighted by molar-refractivity contribution is -0.135. The largest absolute Gasteiger partial charge is 0.394 e. The van der Waals surface area contributed by atoms with Crippen LogP contribution in [0.2, 0.25) is 0 Å². The lowest BCUT2D eigenvalue weighted by Gasteiger charge is -2.37. The fraction of sp³-hybridized carbons (Fsp3) is 0.375. The number of piperazine rings is 1. The number of hydrogen-bond donors (Lipinski definition) is 2. The van der Waals surface area contributed by atoms with E-state index in [1.165, 1.54) is 5.69 Å². The van der Waals surface area contributed by atoms with Crippen LogP contribution in [0.1, 0.15) is 16.8 Å². The first kappa shape index (κ1) is 22.0. The number of hydrogen-bond acceptors (Lipinski definition) is 6.